The number of H-pyrrole nitrogens is 1. The van der Waals surface area contributed by atoms with Crippen LogP contribution in [0.2, 0.25) is 10.0 Å². The maximum atomic E-state index is 13.3. The van der Waals surface area contributed by atoms with Gasteiger partial charge in [-0.15, -0.1) is 11.8 Å². The lowest BCUT2D eigenvalue weighted by Gasteiger charge is -2.08. The zero-order chi connectivity index (χ0) is 21.1. The van der Waals surface area contributed by atoms with E-state index in [-0.39, 0.29) is 11.7 Å². The zero-order valence-electron chi connectivity index (χ0n) is 15.7. The number of amides is 1. The highest BCUT2D eigenvalue weighted by Crippen LogP contribution is 2.37. The predicted molar refractivity (Wildman–Crippen MR) is 123 cm³/mol. The molecule has 1 aromatic heterocycles. The Labute approximate surface area is 187 Å². The second-order valence-electron chi connectivity index (χ2n) is 6.61. The number of fused-ring (bicyclic) bond motifs is 1. The SMILES string of the molecule is O=C(NCCSc1c(-c2ccc(F)cc2)[nH]c2ccccc12)c1ccc(Cl)cc1Cl. The van der Waals surface area contributed by atoms with Crippen molar-refractivity contribution in [2.24, 2.45) is 0 Å². The number of hydrogen-bond donors (Lipinski definition) is 2. The molecule has 0 atom stereocenters. The molecule has 0 radical (unpaired) electrons. The molecule has 0 fully saturated rings. The molecule has 7 heteroatoms. The van der Waals surface area contributed by atoms with Crippen molar-refractivity contribution in [2.75, 3.05) is 12.3 Å². The van der Waals surface area contributed by atoms with Crippen LogP contribution in [0.3, 0.4) is 0 Å². The van der Waals surface area contributed by atoms with Crippen molar-refractivity contribution in [3.63, 3.8) is 0 Å². The first-order valence-electron chi connectivity index (χ1n) is 9.25. The first-order chi connectivity index (χ1) is 14.5. The van der Waals surface area contributed by atoms with Gasteiger partial charge in [0.25, 0.3) is 5.91 Å². The molecule has 0 aliphatic carbocycles. The van der Waals surface area contributed by atoms with Gasteiger partial charge in [-0.2, -0.15) is 0 Å². The maximum Gasteiger partial charge on any atom is 0.252 e. The monoisotopic (exact) mass is 458 g/mol. The van der Waals surface area contributed by atoms with Crippen molar-refractivity contribution in [3.05, 3.63) is 88.2 Å². The fourth-order valence-electron chi connectivity index (χ4n) is 3.17. The number of carbonyl (C=O) groups excluding carboxylic acids is 1. The topological polar surface area (TPSA) is 44.9 Å². The quantitative estimate of drug-likeness (QED) is 0.246. The molecule has 0 saturated heterocycles. The number of aromatic nitrogens is 1. The van der Waals surface area contributed by atoms with E-state index in [0.29, 0.717) is 27.9 Å². The second-order valence-corrected chi connectivity index (χ2v) is 8.56. The number of thioether (sulfide) groups is 1. The molecule has 0 unspecified atom stereocenters. The molecule has 3 aromatic carbocycles. The van der Waals surface area contributed by atoms with Crippen LogP contribution in [0.1, 0.15) is 10.4 Å². The van der Waals surface area contributed by atoms with Crippen LogP contribution >= 0.6 is 35.0 Å². The second kappa shape index (κ2) is 9.13. The summed E-state index contributed by atoms with van der Waals surface area (Å²) in [5, 5.41) is 4.79. The number of benzene rings is 3. The fraction of sp³-hybridized carbons (Fsp3) is 0.0870. The van der Waals surface area contributed by atoms with E-state index in [2.05, 4.69) is 10.3 Å². The number of rotatable bonds is 6. The molecule has 0 spiro atoms. The van der Waals surface area contributed by atoms with Gasteiger partial charge in [-0.3, -0.25) is 4.79 Å². The molecule has 0 aliphatic rings. The van der Waals surface area contributed by atoms with Crippen molar-refractivity contribution in [2.45, 2.75) is 4.90 Å². The lowest BCUT2D eigenvalue weighted by atomic mass is 10.1. The van der Waals surface area contributed by atoms with Crippen LogP contribution in [0.25, 0.3) is 22.2 Å². The molecule has 1 amide bonds. The number of hydrogen-bond acceptors (Lipinski definition) is 2. The molecule has 4 aromatic rings. The van der Waals surface area contributed by atoms with Gasteiger partial charge in [0.05, 0.1) is 16.3 Å². The van der Waals surface area contributed by atoms with Gasteiger partial charge in [0.15, 0.2) is 0 Å². The minimum atomic E-state index is -0.271. The van der Waals surface area contributed by atoms with Crippen LogP contribution in [0.5, 0.6) is 0 Å². The van der Waals surface area contributed by atoms with Crippen molar-refractivity contribution in [1.82, 2.24) is 10.3 Å². The van der Waals surface area contributed by atoms with Gasteiger partial charge >= 0.3 is 0 Å². The third-order valence-corrected chi connectivity index (χ3v) is 6.27. The van der Waals surface area contributed by atoms with Crippen molar-refractivity contribution in [3.8, 4) is 11.3 Å². The Balaban J connectivity index is 1.49. The fourth-order valence-corrected chi connectivity index (χ4v) is 4.72. The lowest BCUT2D eigenvalue weighted by molar-refractivity contribution is 0.0956. The molecule has 0 saturated carbocycles. The first-order valence-corrected chi connectivity index (χ1v) is 11.0. The van der Waals surface area contributed by atoms with E-state index in [1.165, 1.54) is 12.1 Å². The van der Waals surface area contributed by atoms with Gasteiger partial charge in [-0.1, -0.05) is 41.4 Å². The van der Waals surface area contributed by atoms with Gasteiger partial charge in [0.2, 0.25) is 0 Å². The van der Waals surface area contributed by atoms with Gasteiger partial charge in [-0.05, 0) is 54.1 Å². The average Bonchev–Trinajstić information content (AvgIpc) is 3.10. The standard InChI is InChI=1S/C23H17Cl2FN2OS/c24-15-7-10-17(19(25)13-15)23(29)27-11-12-30-22-18-3-1-2-4-20(18)28-21(22)14-5-8-16(26)9-6-14/h1-10,13,28H,11-12H2,(H,27,29). The highest BCUT2D eigenvalue weighted by atomic mass is 35.5. The van der Waals surface area contributed by atoms with E-state index in [0.717, 1.165) is 27.1 Å². The van der Waals surface area contributed by atoms with Crippen molar-refractivity contribution in [1.29, 1.82) is 0 Å². The number of carbonyl (C=O) groups is 1. The predicted octanol–water partition coefficient (Wildman–Crippen LogP) is 6.80. The highest BCUT2D eigenvalue weighted by molar-refractivity contribution is 7.99. The number of aromatic amines is 1. The van der Waals surface area contributed by atoms with E-state index < -0.39 is 0 Å². The summed E-state index contributed by atoms with van der Waals surface area (Å²) in [6.45, 7) is 0.463. The van der Waals surface area contributed by atoms with E-state index in [9.17, 15) is 9.18 Å². The van der Waals surface area contributed by atoms with Gasteiger partial charge in [-0.25, -0.2) is 4.39 Å². The third-order valence-electron chi connectivity index (χ3n) is 4.60. The Kier molecular flexibility index (Phi) is 6.32. The average molecular weight is 459 g/mol. The molecule has 30 heavy (non-hydrogen) atoms. The summed E-state index contributed by atoms with van der Waals surface area (Å²) in [5.41, 5.74) is 3.25. The lowest BCUT2D eigenvalue weighted by Crippen LogP contribution is -2.25. The summed E-state index contributed by atoms with van der Waals surface area (Å²) < 4.78 is 13.3. The minimum absolute atomic E-state index is 0.241. The summed E-state index contributed by atoms with van der Waals surface area (Å²) in [4.78, 5) is 16.9. The molecule has 152 valence electrons. The number of halogens is 3. The molecule has 0 bridgehead atoms. The Morgan fingerprint density at radius 3 is 2.57 bits per heavy atom. The minimum Gasteiger partial charge on any atom is -0.354 e. The molecule has 1 heterocycles. The summed E-state index contributed by atoms with van der Waals surface area (Å²) in [6.07, 6.45) is 0. The normalized spacial score (nSPS) is 11.0. The Morgan fingerprint density at radius 2 is 1.80 bits per heavy atom. The number of para-hydroxylation sites is 1. The van der Waals surface area contributed by atoms with Crippen LogP contribution in [0, 0.1) is 5.82 Å². The van der Waals surface area contributed by atoms with Crippen LogP contribution in [-0.2, 0) is 0 Å². The van der Waals surface area contributed by atoms with Gasteiger partial charge < -0.3 is 10.3 Å². The number of nitrogens with one attached hydrogen (secondary N) is 2. The van der Waals surface area contributed by atoms with Crippen molar-refractivity contribution >= 4 is 51.8 Å². The summed E-state index contributed by atoms with van der Waals surface area (Å²) in [6, 6.07) is 19.2. The zero-order valence-corrected chi connectivity index (χ0v) is 18.0. The summed E-state index contributed by atoms with van der Waals surface area (Å²) >= 11 is 13.6. The van der Waals surface area contributed by atoms with E-state index in [1.54, 1.807) is 42.1 Å². The smallest absolute Gasteiger partial charge is 0.252 e. The van der Waals surface area contributed by atoms with Crippen LogP contribution in [0.4, 0.5) is 4.39 Å². The molecular formula is C23H17Cl2FN2OS. The third kappa shape index (κ3) is 4.48. The highest BCUT2D eigenvalue weighted by Gasteiger charge is 2.14. The van der Waals surface area contributed by atoms with Crippen LogP contribution in [-0.4, -0.2) is 23.2 Å². The Hall–Kier alpha value is -2.47. The van der Waals surface area contributed by atoms with Crippen molar-refractivity contribution < 1.29 is 9.18 Å². The molecular weight excluding hydrogens is 442 g/mol. The van der Waals surface area contributed by atoms with Gasteiger partial charge in [0.1, 0.15) is 5.82 Å². The largest absolute Gasteiger partial charge is 0.354 e. The molecule has 4 rings (SSSR count). The van der Waals surface area contributed by atoms with E-state index in [4.69, 9.17) is 23.2 Å². The molecule has 2 N–H and O–H groups in total. The first kappa shape index (κ1) is 20.8. The molecule has 0 aliphatic heterocycles. The summed E-state index contributed by atoms with van der Waals surface area (Å²) in [7, 11) is 0. The van der Waals surface area contributed by atoms with Crippen LogP contribution < -0.4 is 5.32 Å². The van der Waals surface area contributed by atoms with E-state index >= 15 is 0 Å². The summed E-state index contributed by atoms with van der Waals surface area (Å²) in [5.74, 6) is 0.148. The molecule has 3 nitrogen and oxygen atoms in total. The maximum absolute atomic E-state index is 13.3. The Bertz CT molecular complexity index is 1210. The Morgan fingerprint density at radius 1 is 1.03 bits per heavy atom. The van der Waals surface area contributed by atoms with Crippen LogP contribution in [0.15, 0.2) is 71.6 Å². The van der Waals surface area contributed by atoms with Gasteiger partial charge in [0, 0.05) is 33.1 Å². The van der Waals surface area contributed by atoms with E-state index in [1.807, 2.05) is 24.3 Å².